The van der Waals surface area contributed by atoms with Gasteiger partial charge in [-0.1, -0.05) is 19.1 Å². The first-order valence-corrected chi connectivity index (χ1v) is 7.34. The van der Waals surface area contributed by atoms with Crippen LogP contribution in [-0.2, 0) is 11.2 Å². The molecule has 1 amide bonds. The maximum Gasteiger partial charge on any atom is 0.223 e. The van der Waals surface area contributed by atoms with E-state index in [1.165, 1.54) is 12.1 Å². The quantitative estimate of drug-likeness (QED) is 0.897. The first kappa shape index (κ1) is 17.9. The molecule has 3 nitrogen and oxygen atoms in total. The highest BCUT2D eigenvalue weighted by Gasteiger charge is 2.24. The van der Waals surface area contributed by atoms with Crippen LogP contribution in [0.3, 0.4) is 0 Å². The highest BCUT2D eigenvalue weighted by atomic mass is 35.5. The van der Waals surface area contributed by atoms with E-state index in [0.717, 1.165) is 24.9 Å². The van der Waals surface area contributed by atoms with Crippen LogP contribution in [-0.4, -0.2) is 24.5 Å². The van der Waals surface area contributed by atoms with Crippen LogP contribution in [0, 0.1) is 11.7 Å². The van der Waals surface area contributed by atoms with E-state index in [0.29, 0.717) is 12.5 Å². The summed E-state index contributed by atoms with van der Waals surface area (Å²) in [6, 6.07) is 6.97. The molecule has 1 fully saturated rings. The molecular weight excluding hydrogens is 291 g/mol. The second kappa shape index (κ2) is 8.35. The third-order valence-electron chi connectivity index (χ3n) is 3.97. The predicted molar refractivity (Wildman–Crippen MR) is 85.1 cm³/mol. The van der Waals surface area contributed by atoms with Crippen molar-refractivity contribution in [2.24, 2.45) is 5.92 Å². The van der Waals surface area contributed by atoms with Gasteiger partial charge in [0, 0.05) is 18.0 Å². The van der Waals surface area contributed by atoms with E-state index in [2.05, 4.69) is 17.6 Å². The van der Waals surface area contributed by atoms with Gasteiger partial charge in [0.05, 0.1) is 0 Å². The maximum absolute atomic E-state index is 13.1. The van der Waals surface area contributed by atoms with E-state index >= 15 is 0 Å². The number of nitrogens with one attached hydrogen (secondary N) is 2. The maximum atomic E-state index is 13.1. The summed E-state index contributed by atoms with van der Waals surface area (Å²) in [6.07, 6.45) is 2.68. The second-order valence-corrected chi connectivity index (χ2v) is 5.74. The number of carbonyl (C=O) groups excluding carboxylic acids is 1. The molecule has 0 bridgehead atoms. The van der Waals surface area contributed by atoms with E-state index in [-0.39, 0.29) is 36.1 Å². The van der Waals surface area contributed by atoms with Crippen LogP contribution in [0.1, 0.15) is 32.3 Å². The van der Waals surface area contributed by atoms with E-state index in [1.807, 2.05) is 13.0 Å². The van der Waals surface area contributed by atoms with Crippen LogP contribution in [0.4, 0.5) is 4.39 Å². The van der Waals surface area contributed by atoms with Crippen molar-refractivity contribution in [1.29, 1.82) is 0 Å². The Morgan fingerprint density at radius 2 is 2.29 bits per heavy atom. The van der Waals surface area contributed by atoms with Crippen molar-refractivity contribution in [2.75, 3.05) is 6.54 Å². The zero-order chi connectivity index (χ0) is 14.5. The Kier molecular flexibility index (Phi) is 7.12. The molecule has 0 aliphatic carbocycles. The number of halogens is 2. The van der Waals surface area contributed by atoms with Crippen molar-refractivity contribution in [1.82, 2.24) is 10.6 Å². The van der Waals surface area contributed by atoms with E-state index in [9.17, 15) is 9.18 Å². The molecule has 1 aromatic carbocycles. The van der Waals surface area contributed by atoms with E-state index < -0.39 is 0 Å². The minimum atomic E-state index is -0.250. The number of rotatable bonds is 4. The standard InChI is InChI=1S/C16H23FN2O.ClH/c1-11(9-13-5-3-6-14(17)10-13)16(20)19-15-7-4-8-18-12(15)2;/h3,5-6,10-12,15,18H,4,7-9H2,1-2H3,(H,19,20);1H. The third-order valence-corrected chi connectivity index (χ3v) is 3.97. The zero-order valence-electron chi connectivity index (χ0n) is 12.6. The van der Waals surface area contributed by atoms with Crippen molar-refractivity contribution < 1.29 is 9.18 Å². The predicted octanol–water partition coefficient (Wildman–Crippen LogP) is 2.68. The Morgan fingerprint density at radius 1 is 1.52 bits per heavy atom. The van der Waals surface area contributed by atoms with Crippen molar-refractivity contribution in [3.63, 3.8) is 0 Å². The summed E-state index contributed by atoms with van der Waals surface area (Å²) in [5.74, 6) is -0.346. The lowest BCUT2D eigenvalue weighted by Gasteiger charge is -2.31. The minimum Gasteiger partial charge on any atom is -0.352 e. The molecular formula is C16H24ClFN2O. The lowest BCUT2D eigenvalue weighted by atomic mass is 9.96. The molecule has 2 rings (SSSR count). The largest absolute Gasteiger partial charge is 0.352 e. The van der Waals surface area contributed by atoms with Gasteiger partial charge in [-0.05, 0) is 50.4 Å². The molecule has 0 spiro atoms. The van der Waals surface area contributed by atoms with Gasteiger partial charge in [0.1, 0.15) is 5.82 Å². The lowest BCUT2D eigenvalue weighted by Crippen LogP contribution is -2.53. The molecule has 1 aliphatic heterocycles. The van der Waals surface area contributed by atoms with Gasteiger partial charge in [-0.3, -0.25) is 4.79 Å². The van der Waals surface area contributed by atoms with Crippen molar-refractivity contribution in [3.8, 4) is 0 Å². The lowest BCUT2D eigenvalue weighted by molar-refractivity contribution is -0.125. The molecule has 21 heavy (non-hydrogen) atoms. The number of piperidine rings is 1. The fourth-order valence-electron chi connectivity index (χ4n) is 2.68. The van der Waals surface area contributed by atoms with Gasteiger partial charge < -0.3 is 10.6 Å². The van der Waals surface area contributed by atoms with Crippen molar-refractivity contribution in [2.45, 2.75) is 45.2 Å². The normalized spacial score (nSPS) is 23.0. The van der Waals surface area contributed by atoms with Crippen LogP contribution >= 0.6 is 12.4 Å². The third kappa shape index (κ3) is 5.29. The summed E-state index contributed by atoms with van der Waals surface area (Å²) in [4.78, 5) is 12.2. The van der Waals surface area contributed by atoms with Crippen LogP contribution in [0.2, 0.25) is 0 Å². The molecule has 118 valence electrons. The van der Waals surface area contributed by atoms with E-state index in [1.54, 1.807) is 6.07 Å². The Bertz CT molecular complexity index is 469. The van der Waals surface area contributed by atoms with Crippen LogP contribution in [0.25, 0.3) is 0 Å². The number of hydrogen-bond acceptors (Lipinski definition) is 2. The highest BCUT2D eigenvalue weighted by Crippen LogP contribution is 2.13. The summed E-state index contributed by atoms with van der Waals surface area (Å²) in [6.45, 7) is 5.01. The summed E-state index contributed by atoms with van der Waals surface area (Å²) >= 11 is 0. The average molecular weight is 315 g/mol. The summed E-state index contributed by atoms with van der Waals surface area (Å²) in [7, 11) is 0. The van der Waals surface area contributed by atoms with E-state index in [4.69, 9.17) is 0 Å². The Labute approximate surface area is 132 Å². The summed E-state index contributed by atoms with van der Waals surface area (Å²) in [5.41, 5.74) is 0.863. The first-order chi connectivity index (χ1) is 9.56. The number of amides is 1. The molecule has 5 heteroatoms. The SMILES string of the molecule is CC(Cc1cccc(F)c1)C(=O)NC1CCCNC1C.Cl. The summed E-state index contributed by atoms with van der Waals surface area (Å²) < 4.78 is 13.1. The number of hydrogen-bond donors (Lipinski definition) is 2. The zero-order valence-corrected chi connectivity index (χ0v) is 13.4. The molecule has 0 aromatic heterocycles. The molecule has 1 aliphatic rings. The van der Waals surface area contributed by atoms with Crippen molar-refractivity contribution in [3.05, 3.63) is 35.6 Å². The molecule has 1 heterocycles. The van der Waals surface area contributed by atoms with Gasteiger partial charge in [0.15, 0.2) is 0 Å². The van der Waals surface area contributed by atoms with Gasteiger partial charge in [-0.25, -0.2) is 4.39 Å². The Hall–Kier alpha value is -1.13. The molecule has 2 N–H and O–H groups in total. The first-order valence-electron chi connectivity index (χ1n) is 7.34. The number of carbonyl (C=O) groups is 1. The van der Waals surface area contributed by atoms with Gasteiger partial charge in [0.2, 0.25) is 5.91 Å². The molecule has 1 saturated heterocycles. The topological polar surface area (TPSA) is 41.1 Å². The molecule has 3 atom stereocenters. The number of benzene rings is 1. The second-order valence-electron chi connectivity index (χ2n) is 5.74. The fourth-order valence-corrected chi connectivity index (χ4v) is 2.68. The highest BCUT2D eigenvalue weighted by molar-refractivity contribution is 5.85. The van der Waals surface area contributed by atoms with Crippen LogP contribution in [0.15, 0.2) is 24.3 Å². The molecule has 3 unspecified atom stereocenters. The monoisotopic (exact) mass is 314 g/mol. The molecule has 1 aromatic rings. The van der Waals surface area contributed by atoms with Crippen LogP contribution in [0.5, 0.6) is 0 Å². The van der Waals surface area contributed by atoms with Gasteiger partial charge in [0.25, 0.3) is 0 Å². The smallest absolute Gasteiger partial charge is 0.223 e. The van der Waals surface area contributed by atoms with Gasteiger partial charge in [-0.2, -0.15) is 0 Å². The van der Waals surface area contributed by atoms with Gasteiger partial charge in [-0.15, -0.1) is 12.4 Å². The van der Waals surface area contributed by atoms with Crippen molar-refractivity contribution >= 4 is 18.3 Å². The van der Waals surface area contributed by atoms with Gasteiger partial charge >= 0.3 is 0 Å². The molecule has 0 saturated carbocycles. The fraction of sp³-hybridized carbons (Fsp3) is 0.562. The Morgan fingerprint density at radius 3 is 2.95 bits per heavy atom. The average Bonchev–Trinajstić information content (AvgIpc) is 2.41. The molecule has 0 radical (unpaired) electrons. The summed E-state index contributed by atoms with van der Waals surface area (Å²) in [5, 5.41) is 6.48. The van der Waals surface area contributed by atoms with Crippen LogP contribution < -0.4 is 10.6 Å². The Balaban J connectivity index is 0.00000220. The minimum absolute atomic E-state index is 0.